The Morgan fingerprint density at radius 3 is 2.58 bits per heavy atom. The largest absolute Gasteiger partial charge is 0.394 e. The zero-order chi connectivity index (χ0) is 14.3. The van der Waals surface area contributed by atoms with Crippen molar-refractivity contribution in [2.24, 2.45) is 0 Å². The van der Waals surface area contributed by atoms with Crippen molar-refractivity contribution < 1.29 is 5.11 Å². The van der Waals surface area contributed by atoms with Gasteiger partial charge < -0.3 is 15.3 Å². The first-order valence-corrected chi connectivity index (χ1v) is 7.81. The lowest BCUT2D eigenvalue weighted by Gasteiger charge is -2.39. The number of hydrogen-bond acceptors (Lipinski definition) is 4. The molecule has 114 valence electrons. The minimum absolute atomic E-state index is 0.103. The van der Waals surface area contributed by atoms with Crippen molar-refractivity contribution in [3.63, 3.8) is 0 Å². The molecule has 0 spiro atoms. The summed E-state index contributed by atoms with van der Waals surface area (Å²) in [7, 11) is 1.93. The Morgan fingerprint density at radius 1 is 1.32 bits per heavy atom. The first kappa shape index (κ1) is 16.9. The van der Waals surface area contributed by atoms with E-state index in [1.54, 1.807) is 0 Å². The summed E-state index contributed by atoms with van der Waals surface area (Å²) in [6, 6.07) is 0.693. The highest BCUT2D eigenvalue weighted by Gasteiger charge is 2.23. The van der Waals surface area contributed by atoms with Crippen LogP contribution < -0.4 is 5.32 Å². The van der Waals surface area contributed by atoms with E-state index in [1.165, 1.54) is 45.6 Å². The zero-order valence-electron chi connectivity index (χ0n) is 13.3. The van der Waals surface area contributed by atoms with E-state index in [4.69, 9.17) is 0 Å². The minimum Gasteiger partial charge on any atom is -0.394 e. The Balaban J connectivity index is 2.17. The highest BCUT2D eigenvalue weighted by molar-refractivity contribution is 4.81. The molecule has 1 aliphatic heterocycles. The molecular weight excluding hydrogens is 238 g/mol. The Hall–Kier alpha value is -0.160. The average Bonchev–Trinajstić information content (AvgIpc) is 2.43. The van der Waals surface area contributed by atoms with Crippen LogP contribution in [0.3, 0.4) is 0 Å². The Kier molecular flexibility index (Phi) is 7.29. The predicted octanol–water partition coefficient (Wildman–Crippen LogP) is 1.15. The van der Waals surface area contributed by atoms with Crippen molar-refractivity contribution >= 4 is 0 Å². The molecule has 0 bridgehead atoms. The van der Waals surface area contributed by atoms with E-state index in [0.717, 1.165) is 6.42 Å². The number of nitrogens with zero attached hydrogens (tertiary/aromatic N) is 2. The summed E-state index contributed by atoms with van der Waals surface area (Å²) in [4.78, 5) is 5.15. The maximum atomic E-state index is 9.35. The minimum atomic E-state index is -0.103. The van der Waals surface area contributed by atoms with Crippen molar-refractivity contribution in [3.05, 3.63) is 0 Å². The summed E-state index contributed by atoms with van der Waals surface area (Å²) in [6.07, 6.45) is 3.46. The Bertz CT molecular complexity index is 244. The SMILES string of the molecule is CCN1CCN(CCCCC(C)(CO)NC)CC1C. The van der Waals surface area contributed by atoms with E-state index in [0.29, 0.717) is 6.04 Å². The van der Waals surface area contributed by atoms with Gasteiger partial charge in [0.05, 0.1) is 6.61 Å². The summed E-state index contributed by atoms with van der Waals surface area (Å²) in [5, 5.41) is 12.6. The topological polar surface area (TPSA) is 38.7 Å². The number of rotatable bonds is 8. The Labute approximate surface area is 119 Å². The molecule has 0 aromatic carbocycles. The van der Waals surface area contributed by atoms with E-state index < -0.39 is 0 Å². The molecule has 1 aliphatic rings. The summed E-state index contributed by atoms with van der Waals surface area (Å²) < 4.78 is 0. The molecule has 1 heterocycles. The van der Waals surface area contributed by atoms with Crippen molar-refractivity contribution in [3.8, 4) is 0 Å². The fraction of sp³-hybridized carbons (Fsp3) is 1.00. The van der Waals surface area contributed by atoms with Gasteiger partial charge in [-0.05, 0) is 46.8 Å². The average molecular weight is 271 g/mol. The van der Waals surface area contributed by atoms with Crippen molar-refractivity contribution in [2.75, 3.05) is 46.4 Å². The second kappa shape index (κ2) is 8.20. The normalized spacial score (nSPS) is 25.4. The molecule has 0 aromatic heterocycles. The van der Waals surface area contributed by atoms with Crippen molar-refractivity contribution in [2.45, 2.75) is 51.6 Å². The molecule has 0 saturated carbocycles. The zero-order valence-corrected chi connectivity index (χ0v) is 13.3. The van der Waals surface area contributed by atoms with E-state index in [2.05, 4.69) is 35.9 Å². The van der Waals surface area contributed by atoms with Crippen LogP contribution in [0.25, 0.3) is 0 Å². The van der Waals surface area contributed by atoms with Crippen LogP contribution in [0.2, 0.25) is 0 Å². The van der Waals surface area contributed by atoms with Gasteiger partial charge in [0.25, 0.3) is 0 Å². The number of unbranched alkanes of at least 4 members (excludes halogenated alkanes) is 1. The molecule has 0 aliphatic carbocycles. The van der Waals surface area contributed by atoms with Crippen molar-refractivity contribution in [1.29, 1.82) is 0 Å². The van der Waals surface area contributed by atoms with Crippen LogP contribution >= 0.6 is 0 Å². The molecule has 2 atom stereocenters. The number of nitrogens with one attached hydrogen (secondary N) is 1. The van der Waals surface area contributed by atoms with Crippen LogP contribution in [0, 0.1) is 0 Å². The summed E-state index contributed by atoms with van der Waals surface area (Å²) >= 11 is 0. The number of likely N-dealkylation sites (N-methyl/N-ethyl adjacent to an activating group) is 2. The lowest BCUT2D eigenvalue weighted by Crippen LogP contribution is -2.51. The van der Waals surface area contributed by atoms with Crippen LogP contribution in [-0.2, 0) is 0 Å². The third-order valence-electron chi connectivity index (χ3n) is 4.66. The summed E-state index contributed by atoms with van der Waals surface area (Å²) in [6.45, 7) is 12.9. The monoisotopic (exact) mass is 271 g/mol. The number of piperazine rings is 1. The fourth-order valence-corrected chi connectivity index (χ4v) is 2.88. The lowest BCUT2D eigenvalue weighted by molar-refractivity contribution is 0.0858. The first-order chi connectivity index (χ1) is 9.04. The van der Waals surface area contributed by atoms with Gasteiger partial charge in [0.15, 0.2) is 0 Å². The van der Waals surface area contributed by atoms with Crippen LogP contribution in [-0.4, -0.2) is 72.9 Å². The van der Waals surface area contributed by atoms with Gasteiger partial charge in [-0.1, -0.05) is 13.3 Å². The molecule has 0 amide bonds. The van der Waals surface area contributed by atoms with Gasteiger partial charge in [-0.2, -0.15) is 0 Å². The van der Waals surface area contributed by atoms with Crippen LogP contribution in [0.15, 0.2) is 0 Å². The Morgan fingerprint density at radius 2 is 2.05 bits per heavy atom. The second-order valence-corrected chi connectivity index (χ2v) is 6.20. The molecule has 4 nitrogen and oxygen atoms in total. The predicted molar refractivity (Wildman–Crippen MR) is 81.6 cm³/mol. The molecule has 1 fully saturated rings. The smallest absolute Gasteiger partial charge is 0.0610 e. The molecule has 2 unspecified atom stereocenters. The first-order valence-electron chi connectivity index (χ1n) is 7.81. The maximum absolute atomic E-state index is 9.35. The van der Waals surface area contributed by atoms with Gasteiger partial charge in [0.2, 0.25) is 0 Å². The second-order valence-electron chi connectivity index (χ2n) is 6.20. The van der Waals surface area contributed by atoms with Gasteiger partial charge >= 0.3 is 0 Å². The van der Waals surface area contributed by atoms with Crippen LogP contribution in [0.1, 0.15) is 40.0 Å². The molecule has 4 heteroatoms. The highest BCUT2D eigenvalue weighted by atomic mass is 16.3. The molecule has 2 N–H and O–H groups in total. The molecule has 19 heavy (non-hydrogen) atoms. The third-order valence-corrected chi connectivity index (χ3v) is 4.66. The quantitative estimate of drug-likeness (QED) is 0.650. The number of aliphatic hydroxyl groups excluding tert-OH is 1. The fourth-order valence-electron chi connectivity index (χ4n) is 2.88. The summed E-state index contributed by atoms with van der Waals surface area (Å²) in [5.74, 6) is 0. The number of aliphatic hydroxyl groups is 1. The summed E-state index contributed by atoms with van der Waals surface area (Å²) in [5.41, 5.74) is -0.103. The number of hydrogen-bond donors (Lipinski definition) is 2. The van der Waals surface area contributed by atoms with Gasteiger partial charge in [0.1, 0.15) is 0 Å². The lowest BCUT2D eigenvalue weighted by atomic mass is 9.96. The van der Waals surface area contributed by atoms with Gasteiger partial charge in [-0.25, -0.2) is 0 Å². The highest BCUT2D eigenvalue weighted by Crippen LogP contribution is 2.14. The van der Waals surface area contributed by atoms with Gasteiger partial charge in [-0.15, -0.1) is 0 Å². The van der Waals surface area contributed by atoms with Crippen molar-refractivity contribution in [1.82, 2.24) is 15.1 Å². The van der Waals surface area contributed by atoms with E-state index in [9.17, 15) is 5.11 Å². The standard InChI is InChI=1S/C15H33N3O/c1-5-18-11-10-17(12-14(18)2)9-7-6-8-15(3,13-19)16-4/h14,16,19H,5-13H2,1-4H3. The molecule has 1 saturated heterocycles. The molecule has 1 rings (SSSR count). The molecular formula is C15H33N3O. The van der Waals surface area contributed by atoms with Gasteiger partial charge in [0, 0.05) is 31.2 Å². The van der Waals surface area contributed by atoms with Crippen LogP contribution in [0.5, 0.6) is 0 Å². The van der Waals surface area contributed by atoms with E-state index >= 15 is 0 Å². The third kappa shape index (κ3) is 5.38. The van der Waals surface area contributed by atoms with Gasteiger partial charge in [-0.3, -0.25) is 4.90 Å². The van der Waals surface area contributed by atoms with E-state index in [-0.39, 0.29) is 12.1 Å². The maximum Gasteiger partial charge on any atom is 0.0610 e. The van der Waals surface area contributed by atoms with E-state index in [1.807, 2.05) is 7.05 Å². The van der Waals surface area contributed by atoms with Crippen LogP contribution in [0.4, 0.5) is 0 Å². The molecule has 0 aromatic rings. The molecule has 0 radical (unpaired) electrons.